The standard InChI is InChI=1S/C13H12BrN3O4/c14-9-3-2-8(21-9)10(18)17-13(4-1-5-13)12-15-6-7(16-12)11(19)20/h2-3,6H,1,4-5H2,(H,15,16)(H,17,18)(H,19,20). The highest BCUT2D eigenvalue weighted by atomic mass is 79.9. The van der Waals surface area contributed by atoms with Crippen LogP contribution < -0.4 is 5.32 Å². The molecular formula is C13H12BrN3O4. The lowest BCUT2D eigenvalue weighted by Gasteiger charge is -2.40. The molecule has 0 atom stereocenters. The fourth-order valence-electron chi connectivity index (χ4n) is 2.34. The molecule has 1 saturated carbocycles. The quantitative estimate of drug-likeness (QED) is 0.781. The van der Waals surface area contributed by atoms with Crippen LogP contribution in [0.15, 0.2) is 27.4 Å². The molecule has 3 rings (SSSR count). The molecule has 2 aromatic heterocycles. The van der Waals surface area contributed by atoms with Gasteiger partial charge in [-0.1, -0.05) is 0 Å². The van der Waals surface area contributed by atoms with Crippen molar-refractivity contribution in [2.75, 3.05) is 0 Å². The largest absolute Gasteiger partial charge is 0.477 e. The van der Waals surface area contributed by atoms with E-state index in [9.17, 15) is 9.59 Å². The predicted molar refractivity (Wildman–Crippen MR) is 75.0 cm³/mol. The van der Waals surface area contributed by atoms with Gasteiger partial charge in [0.1, 0.15) is 11.5 Å². The predicted octanol–water partition coefficient (Wildman–Crippen LogP) is 2.27. The Labute approximate surface area is 127 Å². The van der Waals surface area contributed by atoms with Gasteiger partial charge in [-0.2, -0.15) is 0 Å². The number of imidazole rings is 1. The van der Waals surface area contributed by atoms with Gasteiger partial charge in [0.15, 0.2) is 10.4 Å². The Morgan fingerprint density at radius 2 is 2.19 bits per heavy atom. The summed E-state index contributed by atoms with van der Waals surface area (Å²) < 4.78 is 5.69. The fourth-order valence-corrected chi connectivity index (χ4v) is 2.65. The maximum Gasteiger partial charge on any atom is 0.353 e. The van der Waals surface area contributed by atoms with E-state index in [0.717, 1.165) is 6.42 Å². The number of furan rings is 1. The highest BCUT2D eigenvalue weighted by molar-refractivity contribution is 9.10. The molecule has 1 aliphatic carbocycles. The smallest absolute Gasteiger partial charge is 0.353 e. The number of nitrogens with zero attached hydrogens (tertiary/aromatic N) is 1. The van der Waals surface area contributed by atoms with Crippen molar-refractivity contribution >= 4 is 27.8 Å². The van der Waals surface area contributed by atoms with Crippen LogP contribution in [0, 0.1) is 0 Å². The molecule has 1 aliphatic rings. The molecule has 0 aliphatic heterocycles. The van der Waals surface area contributed by atoms with E-state index in [0.29, 0.717) is 23.3 Å². The second-order valence-electron chi connectivity index (χ2n) is 4.94. The number of nitrogens with one attached hydrogen (secondary N) is 2. The van der Waals surface area contributed by atoms with Crippen LogP contribution in [-0.2, 0) is 5.54 Å². The number of carboxylic acids is 1. The lowest BCUT2D eigenvalue weighted by molar-refractivity contribution is 0.0690. The molecule has 0 saturated heterocycles. The van der Waals surface area contributed by atoms with Crippen LogP contribution in [0.25, 0.3) is 0 Å². The number of aromatic amines is 1. The van der Waals surface area contributed by atoms with E-state index in [1.54, 1.807) is 12.1 Å². The summed E-state index contributed by atoms with van der Waals surface area (Å²) in [6.07, 6.45) is 3.60. The maximum atomic E-state index is 12.2. The zero-order valence-electron chi connectivity index (χ0n) is 10.9. The first kappa shape index (κ1) is 13.9. The molecule has 0 radical (unpaired) electrons. The summed E-state index contributed by atoms with van der Waals surface area (Å²) in [4.78, 5) is 30.0. The number of H-pyrrole nitrogens is 1. The van der Waals surface area contributed by atoms with E-state index >= 15 is 0 Å². The van der Waals surface area contributed by atoms with Crippen molar-refractivity contribution in [2.45, 2.75) is 24.8 Å². The minimum absolute atomic E-state index is 0.00580. The van der Waals surface area contributed by atoms with Crippen molar-refractivity contribution in [2.24, 2.45) is 0 Å². The van der Waals surface area contributed by atoms with E-state index in [4.69, 9.17) is 9.52 Å². The van der Waals surface area contributed by atoms with Crippen molar-refractivity contribution in [1.29, 1.82) is 0 Å². The SMILES string of the molecule is O=C(O)c1cnc(C2(NC(=O)c3ccc(Br)o3)CCC2)[nH]1. The zero-order valence-corrected chi connectivity index (χ0v) is 12.4. The van der Waals surface area contributed by atoms with Crippen LogP contribution in [0.3, 0.4) is 0 Å². The van der Waals surface area contributed by atoms with E-state index in [2.05, 4.69) is 31.2 Å². The van der Waals surface area contributed by atoms with Gasteiger partial charge in [-0.25, -0.2) is 9.78 Å². The van der Waals surface area contributed by atoms with Gasteiger partial charge in [-0.3, -0.25) is 4.79 Å². The summed E-state index contributed by atoms with van der Waals surface area (Å²) in [5.74, 6) is -0.776. The molecule has 1 amide bonds. The van der Waals surface area contributed by atoms with Gasteiger partial charge in [0.25, 0.3) is 5.91 Å². The monoisotopic (exact) mass is 353 g/mol. The van der Waals surface area contributed by atoms with E-state index in [1.807, 2.05) is 0 Å². The number of aromatic carboxylic acids is 1. The Morgan fingerprint density at radius 3 is 2.67 bits per heavy atom. The number of carbonyl (C=O) groups excluding carboxylic acids is 1. The van der Waals surface area contributed by atoms with Crippen molar-refractivity contribution < 1.29 is 19.1 Å². The molecule has 1 fully saturated rings. The molecule has 21 heavy (non-hydrogen) atoms. The molecule has 2 aromatic rings. The maximum absolute atomic E-state index is 12.2. The Morgan fingerprint density at radius 1 is 1.43 bits per heavy atom. The van der Waals surface area contributed by atoms with Crippen LogP contribution in [0.2, 0.25) is 0 Å². The van der Waals surface area contributed by atoms with Crippen molar-refractivity contribution in [1.82, 2.24) is 15.3 Å². The molecule has 2 heterocycles. The first-order chi connectivity index (χ1) is 10.00. The van der Waals surface area contributed by atoms with Crippen molar-refractivity contribution in [3.05, 3.63) is 40.3 Å². The summed E-state index contributed by atoms with van der Waals surface area (Å²) in [5.41, 5.74) is -0.643. The summed E-state index contributed by atoms with van der Waals surface area (Å²) in [7, 11) is 0. The number of halogens is 1. The van der Waals surface area contributed by atoms with Gasteiger partial charge in [0.2, 0.25) is 0 Å². The van der Waals surface area contributed by atoms with Gasteiger partial charge < -0.3 is 19.8 Å². The molecule has 7 nitrogen and oxygen atoms in total. The number of rotatable bonds is 4. The average molecular weight is 354 g/mol. The number of hydrogen-bond acceptors (Lipinski definition) is 4. The number of amides is 1. The third-order valence-corrected chi connectivity index (χ3v) is 4.04. The molecule has 8 heteroatoms. The number of aromatic nitrogens is 2. The molecule has 0 aromatic carbocycles. The van der Waals surface area contributed by atoms with Crippen LogP contribution in [0.5, 0.6) is 0 Å². The Bertz CT molecular complexity index is 702. The minimum Gasteiger partial charge on any atom is -0.477 e. The third-order valence-electron chi connectivity index (χ3n) is 3.62. The van der Waals surface area contributed by atoms with Gasteiger partial charge in [-0.05, 0) is 47.3 Å². The highest BCUT2D eigenvalue weighted by Crippen LogP contribution is 2.40. The summed E-state index contributed by atoms with van der Waals surface area (Å²) in [5, 5.41) is 11.8. The van der Waals surface area contributed by atoms with Gasteiger partial charge in [-0.15, -0.1) is 0 Å². The van der Waals surface area contributed by atoms with Gasteiger partial charge >= 0.3 is 5.97 Å². The number of carbonyl (C=O) groups is 2. The number of hydrogen-bond donors (Lipinski definition) is 3. The summed E-state index contributed by atoms with van der Waals surface area (Å²) >= 11 is 3.14. The summed E-state index contributed by atoms with van der Waals surface area (Å²) in [6.45, 7) is 0. The Kier molecular flexibility index (Phi) is 3.32. The second kappa shape index (κ2) is 5.03. The minimum atomic E-state index is -1.08. The average Bonchev–Trinajstić information content (AvgIpc) is 3.02. The zero-order chi connectivity index (χ0) is 15.0. The Hall–Kier alpha value is -2.09. The van der Waals surface area contributed by atoms with E-state index in [1.165, 1.54) is 6.20 Å². The topological polar surface area (TPSA) is 108 Å². The lowest BCUT2D eigenvalue weighted by Crippen LogP contribution is -2.51. The van der Waals surface area contributed by atoms with E-state index < -0.39 is 11.5 Å². The fraction of sp³-hybridized carbons (Fsp3) is 0.308. The summed E-state index contributed by atoms with van der Waals surface area (Å²) in [6, 6.07) is 3.20. The van der Waals surface area contributed by atoms with Crippen LogP contribution in [-0.4, -0.2) is 27.0 Å². The number of carboxylic acid groups (broad SMARTS) is 1. The normalized spacial score (nSPS) is 16.2. The first-order valence-electron chi connectivity index (χ1n) is 6.37. The Balaban J connectivity index is 1.83. The van der Waals surface area contributed by atoms with Crippen LogP contribution >= 0.6 is 15.9 Å². The van der Waals surface area contributed by atoms with Crippen LogP contribution in [0.4, 0.5) is 0 Å². The molecule has 3 N–H and O–H groups in total. The lowest BCUT2D eigenvalue weighted by atomic mass is 9.76. The van der Waals surface area contributed by atoms with Crippen molar-refractivity contribution in [3.8, 4) is 0 Å². The van der Waals surface area contributed by atoms with Crippen molar-refractivity contribution in [3.63, 3.8) is 0 Å². The molecule has 110 valence electrons. The molecule has 0 bridgehead atoms. The van der Waals surface area contributed by atoms with Gasteiger partial charge in [0.05, 0.1) is 11.7 Å². The molecule has 0 spiro atoms. The van der Waals surface area contributed by atoms with Crippen LogP contribution in [0.1, 0.15) is 46.1 Å². The van der Waals surface area contributed by atoms with Gasteiger partial charge in [0, 0.05) is 0 Å². The molecule has 0 unspecified atom stereocenters. The third kappa shape index (κ3) is 2.46. The highest BCUT2D eigenvalue weighted by Gasteiger charge is 2.43. The second-order valence-corrected chi connectivity index (χ2v) is 5.73. The molecular weight excluding hydrogens is 342 g/mol. The first-order valence-corrected chi connectivity index (χ1v) is 7.16. The van der Waals surface area contributed by atoms with E-state index in [-0.39, 0.29) is 17.4 Å².